The van der Waals surface area contributed by atoms with E-state index in [1.807, 2.05) is 0 Å². The van der Waals surface area contributed by atoms with Crippen LogP contribution in [-0.4, -0.2) is 28.8 Å². The molecule has 0 amide bonds. The summed E-state index contributed by atoms with van der Waals surface area (Å²) in [5.74, 6) is 0.359. The van der Waals surface area contributed by atoms with Crippen LogP contribution < -0.4 is 10.9 Å². The molecule has 0 spiro atoms. The number of rotatable bonds is 2. The van der Waals surface area contributed by atoms with Crippen LogP contribution in [0.15, 0.2) is 15.4 Å². The molecule has 3 N–H and O–H groups in total. The second-order valence-electron chi connectivity index (χ2n) is 6.77. The van der Waals surface area contributed by atoms with Crippen molar-refractivity contribution in [3.8, 4) is 0 Å². The Morgan fingerprint density at radius 3 is 2.57 bits per heavy atom. The summed E-state index contributed by atoms with van der Waals surface area (Å²) in [6.45, 7) is 8.86. The van der Waals surface area contributed by atoms with E-state index in [0.717, 1.165) is 38.5 Å². The lowest BCUT2D eigenvalue weighted by Crippen LogP contribution is -2.39. The number of nitrogens with one attached hydrogen (secondary N) is 2. The monoisotopic (exact) mass is 298 g/mol. The molecule has 0 aliphatic carbocycles. The molecule has 6 nitrogen and oxygen atoms in total. The van der Waals surface area contributed by atoms with Gasteiger partial charge in [0, 0.05) is 24.9 Å². The molecule has 2 atom stereocenters. The van der Waals surface area contributed by atoms with Gasteiger partial charge in [-0.05, 0) is 31.2 Å². The van der Waals surface area contributed by atoms with E-state index in [4.69, 9.17) is 14.4 Å². The molecule has 2 rings (SSSR count). The number of carboxylic acids is 1. The molecular weight excluding hydrogens is 272 g/mol. The minimum atomic E-state index is -0.833. The summed E-state index contributed by atoms with van der Waals surface area (Å²) >= 11 is 0. The molecule has 0 saturated carbocycles. The van der Waals surface area contributed by atoms with Gasteiger partial charge in [-0.3, -0.25) is 9.59 Å². The highest BCUT2D eigenvalue weighted by molar-refractivity contribution is 5.62. The van der Waals surface area contributed by atoms with E-state index in [-0.39, 0.29) is 5.56 Å². The first-order valence-electron chi connectivity index (χ1n) is 7.28. The topological polar surface area (TPSA) is 95.3 Å². The molecule has 6 heteroatoms. The predicted molar refractivity (Wildman–Crippen MR) is 80.5 cm³/mol. The molecule has 0 unspecified atom stereocenters. The van der Waals surface area contributed by atoms with Crippen molar-refractivity contribution in [1.29, 1.82) is 0 Å². The Morgan fingerprint density at radius 2 is 2.10 bits per heavy atom. The van der Waals surface area contributed by atoms with Gasteiger partial charge in [-0.15, -0.1) is 0 Å². The van der Waals surface area contributed by atoms with Crippen molar-refractivity contribution in [2.45, 2.75) is 58.9 Å². The molecule has 2 heterocycles. The summed E-state index contributed by atoms with van der Waals surface area (Å²) in [6.07, 6.45) is 3.25. The van der Waals surface area contributed by atoms with Gasteiger partial charge < -0.3 is 14.9 Å². The molecule has 1 aromatic rings. The van der Waals surface area contributed by atoms with Crippen LogP contribution in [0.4, 0.5) is 0 Å². The first kappa shape index (κ1) is 17.5. The van der Waals surface area contributed by atoms with E-state index >= 15 is 0 Å². The smallest absolute Gasteiger partial charge is 0.300 e. The fourth-order valence-corrected chi connectivity index (χ4v) is 2.66. The molecule has 1 fully saturated rings. The second-order valence-corrected chi connectivity index (χ2v) is 6.77. The average Bonchev–Trinajstić information content (AvgIpc) is 2.73. The van der Waals surface area contributed by atoms with Gasteiger partial charge in [0.25, 0.3) is 11.5 Å². The van der Waals surface area contributed by atoms with Crippen LogP contribution in [0, 0.1) is 5.41 Å². The van der Waals surface area contributed by atoms with E-state index in [1.165, 1.54) is 0 Å². The van der Waals surface area contributed by atoms with E-state index < -0.39 is 5.97 Å². The molecule has 1 aromatic heterocycles. The van der Waals surface area contributed by atoms with Crippen molar-refractivity contribution >= 4 is 5.97 Å². The van der Waals surface area contributed by atoms with Gasteiger partial charge in [0.1, 0.15) is 5.76 Å². The van der Waals surface area contributed by atoms with Crippen molar-refractivity contribution < 1.29 is 14.4 Å². The Morgan fingerprint density at radius 1 is 1.48 bits per heavy atom. The summed E-state index contributed by atoms with van der Waals surface area (Å²) < 4.78 is 5.22. The Labute approximate surface area is 124 Å². The van der Waals surface area contributed by atoms with Gasteiger partial charge in [-0.25, -0.2) is 0 Å². The number of H-pyrrole nitrogens is 1. The largest absolute Gasteiger partial charge is 0.481 e. The molecule has 120 valence electrons. The number of aliphatic carboxylic acids is 1. The number of hydrogen-bond acceptors (Lipinski definition) is 4. The summed E-state index contributed by atoms with van der Waals surface area (Å²) in [4.78, 5) is 20.1. The third-order valence-electron chi connectivity index (χ3n) is 3.30. The molecule has 0 radical (unpaired) electrons. The van der Waals surface area contributed by atoms with E-state index in [0.29, 0.717) is 17.4 Å². The van der Waals surface area contributed by atoms with Crippen LogP contribution in [0.25, 0.3) is 0 Å². The van der Waals surface area contributed by atoms with Gasteiger partial charge in [-0.2, -0.15) is 5.16 Å². The van der Waals surface area contributed by atoms with E-state index in [9.17, 15) is 4.79 Å². The maximum absolute atomic E-state index is 11.1. The molecule has 0 bridgehead atoms. The molecule has 1 saturated heterocycles. The highest BCUT2D eigenvalue weighted by atomic mass is 16.5. The van der Waals surface area contributed by atoms with Crippen LogP contribution in [0.5, 0.6) is 0 Å². The van der Waals surface area contributed by atoms with Crippen molar-refractivity contribution in [2.24, 2.45) is 5.41 Å². The average molecular weight is 298 g/mol. The van der Waals surface area contributed by atoms with E-state index in [1.54, 1.807) is 6.07 Å². The quantitative estimate of drug-likeness (QED) is 0.779. The molecule has 0 aromatic carbocycles. The number of piperidine rings is 1. The normalized spacial score (nSPS) is 22.3. The molecule has 1 aliphatic rings. The highest BCUT2D eigenvalue weighted by Crippen LogP contribution is 2.31. The maximum atomic E-state index is 11.1. The van der Waals surface area contributed by atoms with Gasteiger partial charge in [0.15, 0.2) is 0 Å². The van der Waals surface area contributed by atoms with Crippen molar-refractivity contribution in [3.63, 3.8) is 0 Å². The number of aromatic amines is 1. The summed E-state index contributed by atoms with van der Waals surface area (Å²) in [5, 5.41) is 13.3. The first-order chi connectivity index (χ1) is 9.67. The Balaban J connectivity index is 0.000000491. The van der Waals surface area contributed by atoms with Gasteiger partial charge in [0.2, 0.25) is 0 Å². The van der Waals surface area contributed by atoms with Crippen LogP contribution in [0.2, 0.25) is 0 Å². The first-order valence-corrected chi connectivity index (χ1v) is 7.28. The van der Waals surface area contributed by atoms with Gasteiger partial charge >= 0.3 is 0 Å². The fraction of sp³-hybridized carbons (Fsp3) is 0.733. The number of carboxylic acid groups (broad SMARTS) is 1. The molecular formula is C15H26N2O4. The molecule has 21 heavy (non-hydrogen) atoms. The highest BCUT2D eigenvalue weighted by Gasteiger charge is 2.28. The summed E-state index contributed by atoms with van der Waals surface area (Å²) in [6, 6.07) is 2.11. The van der Waals surface area contributed by atoms with Crippen molar-refractivity contribution in [1.82, 2.24) is 10.5 Å². The fourth-order valence-electron chi connectivity index (χ4n) is 2.66. The zero-order valence-electron chi connectivity index (χ0n) is 13.2. The SMILES string of the molecule is CC(=O)O.CC(C)(C)C[C@H]1C[C@@H](c2cc(=O)[nH]o2)CCN1. The van der Waals surface area contributed by atoms with Crippen LogP contribution in [0.3, 0.4) is 0 Å². The third kappa shape index (κ3) is 7.13. The minimum Gasteiger partial charge on any atom is -0.481 e. The lowest BCUT2D eigenvalue weighted by atomic mass is 9.81. The summed E-state index contributed by atoms with van der Waals surface area (Å²) in [5.41, 5.74) is 0.198. The number of carbonyl (C=O) groups is 1. The Bertz CT molecular complexity index is 494. The molecule has 1 aliphatic heterocycles. The maximum Gasteiger partial charge on any atom is 0.300 e. The second kappa shape index (κ2) is 7.45. The van der Waals surface area contributed by atoms with Crippen molar-refractivity contribution in [3.05, 3.63) is 22.2 Å². The standard InChI is InChI=1S/C13H22N2O2.C2H4O2/c1-13(2,3)8-10-6-9(4-5-14-10)11-7-12(16)15-17-11;1-2(3)4/h7,9-10,14H,4-6,8H2,1-3H3,(H,15,16);1H3,(H,3,4)/t9-,10+;/m0./s1. The van der Waals surface area contributed by atoms with Crippen LogP contribution in [0.1, 0.15) is 58.6 Å². The number of hydrogen-bond donors (Lipinski definition) is 3. The van der Waals surface area contributed by atoms with Gasteiger partial charge in [0.05, 0.1) is 0 Å². The van der Waals surface area contributed by atoms with Crippen LogP contribution >= 0.6 is 0 Å². The third-order valence-corrected chi connectivity index (χ3v) is 3.30. The zero-order valence-corrected chi connectivity index (χ0v) is 13.2. The van der Waals surface area contributed by atoms with Crippen LogP contribution in [-0.2, 0) is 4.79 Å². The number of aromatic nitrogens is 1. The Hall–Kier alpha value is -1.56. The van der Waals surface area contributed by atoms with Crippen molar-refractivity contribution in [2.75, 3.05) is 6.54 Å². The Kier molecular flexibility index (Phi) is 6.20. The van der Waals surface area contributed by atoms with Gasteiger partial charge in [-0.1, -0.05) is 20.8 Å². The lowest BCUT2D eigenvalue weighted by molar-refractivity contribution is -0.134. The predicted octanol–water partition coefficient (Wildman–Crippen LogP) is 2.33. The minimum absolute atomic E-state index is 0.133. The van der Waals surface area contributed by atoms with E-state index in [2.05, 4.69) is 31.2 Å². The zero-order chi connectivity index (χ0) is 16.0. The summed E-state index contributed by atoms with van der Waals surface area (Å²) in [7, 11) is 0. The lowest BCUT2D eigenvalue weighted by Gasteiger charge is -2.33.